The normalized spacial score (nSPS) is 17.0. The first-order valence-corrected chi connectivity index (χ1v) is 7.80. The zero-order valence-corrected chi connectivity index (χ0v) is 13.0. The van der Waals surface area contributed by atoms with E-state index < -0.39 is 5.91 Å². The summed E-state index contributed by atoms with van der Waals surface area (Å²) in [6.07, 6.45) is 0. The second-order valence-corrected chi connectivity index (χ2v) is 5.78. The number of piperazine rings is 1. The number of hydrogen-bond donors (Lipinski definition) is 1. The molecule has 22 heavy (non-hydrogen) atoms. The summed E-state index contributed by atoms with van der Waals surface area (Å²) in [5.74, 6) is -0.403. The van der Waals surface area contributed by atoms with Crippen LogP contribution in [0.4, 0.5) is 0 Å². The lowest BCUT2D eigenvalue weighted by atomic mass is 10.1. The Labute approximate surface area is 130 Å². The van der Waals surface area contributed by atoms with Crippen LogP contribution >= 0.6 is 0 Å². The van der Waals surface area contributed by atoms with Crippen LogP contribution in [0.1, 0.15) is 23.0 Å². The molecule has 1 amide bonds. The van der Waals surface area contributed by atoms with E-state index in [9.17, 15) is 4.79 Å². The monoisotopic (exact) mass is 298 g/mol. The summed E-state index contributed by atoms with van der Waals surface area (Å²) in [5, 5.41) is 0.954. The van der Waals surface area contributed by atoms with Gasteiger partial charge in [-0.15, -0.1) is 0 Å². The molecule has 1 fully saturated rings. The Morgan fingerprint density at radius 3 is 2.55 bits per heavy atom. The number of nitrogens with two attached hydrogens (primary N) is 1. The average Bonchev–Trinajstić information content (AvgIpc) is 2.55. The molecular weight excluding hydrogens is 276 g/mol. The minimum atomic E-state index is -0.403. The summed E-state index contributed by atoms with van der Waals surface area (Å²) >= 11 is 0. The first-order valence-electron chi connectivity index (χ1n) is 7.80. The van der Waals surface area contributed by atoms with Gasteiger partial charge in [0.05, 0.1) is 11.2 Å². The van der Waals surface area contributed by atoms with Crippen molar-refractivity contribution < 1.29 is 4.79 Å². The Morgan fingerprint density at radius 2 is 1.86 bits per heavy atom. The highest BCUT2D eigenvalue weighted by Gasteiger charge is 2.16. The van der Waals surface area contributed by atoms with Gasteiger partial charge in [0.2, 0.25) is 5.91 Å². The van der Waals surface area contributed by atoms with Crippen molar-refractivity contribution in [2.45, 2.75) is 13.5 Å². The maximum atomic E-state index is 11.2. The topological polar surface area (TPSA) is 62.5 Å². The van der Waals surface area contributed by atoms with Gasteiger partial charge in [-0.2, -0.15) is 0 Å². The Morgan fingerprint density at radius 1 is 1.14 bits per heavy atom. The van der Waals surface area contributed by atoms with Crippen LogP contribution in [0.2, 0.25) is 0 Å². The van der Waals surface area contributed by atoms with Gasteiger partial charge in [0, 0.05) is 43.7 Å². The van der Waals surface area contributed by atoms with Crippen LogP contribution in [0, 0.1) is 0 Å². The first-order chi connectivity index (χ1) is 10.7. The molecule has 1 aromatic heterocycles. The van der Waals surface area contributed by atoms with Crippen LogP contribution in [0.3, 0.4) is 0 Å². The number of primary amides is 1. The van der Waals surface area contributed by atoms with Crippen molar-refractivity contribution in [2.75, 3.05) is 32.7 Å². The van der Waals surface area contributed by atoms with Crippen molar-refractivity contribution in [1.82, 2.24) is 14.8 Å². The van der Waals surface area contributed by atoms with E-state index in [1.807, 2.05) is 18.2 Å². The zero-order valence-electron chi connectivity index (χ0n) is 13.0. The fourth-order valence-corrected chi connectivity index (χ4v) is 2.90. The molecule has 0 spiro atoms. The predicted octanol–water partition coefficient (Wildman–Crippen LogP) is 1.47. The summed E-state index contributed by atoms with van der Waals surface area (Å²) in [4.78, 5) is 20.8. The van der Waals surface area contributed by atoms with E-state index in [0.717, 1.165) is 55.9 Å². The van der Waals surface area contributed by atoms with Crippen molar-refractivity contribution in [3.05, 3.63) is 41.6 Å². The third-order valence-corrected chi connectivity index (χ3v) is 4.33. The van der Waals surface area contributed by atoms with E-state index in [-0.39, 0.29) is 0 Å². The van der Waals surface area contributed by atoms with Gasteiger partial charge >= 0.3 is 0 Å². The molecule has 5 heteroatoms. The molecule has 1 aliphatic rings. The standard InChI is InChI=1S/C17H22N4O/c1-2-20-7-9-21(10-8-20)12-15-5-3-13-11-14(17(18)22)4-6-16(13)19-15/h3-6,11H,2,7-10,12H2,1H3,(H2,18,22). The number of rotatable bonds is 4. The molecule has 0 saturated carbocycles. The molecule has 2 N–H and O–H groups in total. The van der Waals surface area contributed by atoms with Crippen molar-refractivity contribution in [3.63, 3.8) is 0 Å². The van der Waals surface area contributed by atoms with Crippen molar-refractivity contribution in [2.24, 2.45) is 5.73 Å². The number of nitrogens with zero attached hydrogens (tertiary/aromatic N) is 3. The summed E-state index contributed by atoms with van der Waals surface area (Å²) in [6.45, 7) is 8.66. The molecule has 116 valence electrons. The van der Waals surface area contributed by atoms with Gasteiger partial charge in [-0.25, -0.2) is 0 Å². The second kappa shape index (κ2) is 6.42. The van der Waals surface area contributed by atoms with E-state index in [0.29, 0.717) is 5.56 Å². The highest BCUT2D eigenvalue weighted by atomic mass is 16.1. The first kappa shape index (κ1) is 14.9. The molecular formula is C17H22N4O. The average molecular weight is 298 g/mol. The number of likely N-dealkylation sites (N-methyl/N-ethyl adjacent to an activating group) is 1. The molecule has 5 nitrogen and oxygen atoms in total. The molecule has 2 heterocycles. The number of fused-ring (bicyclic) bond motifs is 1. The third kappa shape index (κ3) is 3.26. The Hall–Kier alpha value is -1.98. The molecule has 0 bridgehead atoms. The number of pyridine rings is 1. The van der Waals surface area contributed by atoms with Gasteiger partial charge in [-0.05, 0) is 30.8 Å². The van der Waals surface area contributed by atoms with Gasteiger partial charge in [-0.1, -0.05) is 13.0 Å². The van der Waals surface area contributed by atoms with Gasteiger partial charge in [-0.3, -0.25) is 14.7 Å². The maximum Gasteiger partial charge on any atom is 0.248 e. The summed E-state index contributed by atoms with van der Waals surface area (Å²) in [6, 6.07) is 9.47. The predicted molar refractivity (Wildman–Crippen MR) is 87.7 cm³/mol. The number of hydrogen-bond acceptors (Lipinski definition) is 4. The van der Waals surface area contributed by atoms with Crippen LogP contribution in [0.15, 0.2) is 30.3 Å². The minimum absolute atomic E-state index is 0.403. The van der Waals surface area contributed by atoms with Gasteiger partial charge in [0.25, 0.3) is 0 Å². The molecule has 0 atom stereocenters. The van der Waals surface area contributed by atoms with E-state index >= 15 is 0 Å². The number of carbonyl (C=O) groups is 1. The fraction of sp³-hybridized carbons (Fsp3) is 0.412. The van der Waals surface area contributed by atoms with Crippen LogP contribution in [0.5, 0.6) is 0 Å². The Bertz CT molecular complexity index is 677. The largest absolute Gasteiger partial charge is 0.366 e. The molecule has 0 aliphatic carbocycles. The number of benzene rings is 1. The van der Waals surface area contributed by atoms with E-state index in [1.165, 1.54) is 0 Å². The number of aromatic nitrogens is 1. The van der Waals surface area contributed by atoms with Crippen LogP contribution in [-0.4, -0.2) is 53.4 Å². The smallest absolute Gasteiger partial charge is 0.248 e. The van der Waals surface area contributed by atoms with Crippen molar-refractivity contribution in [1.29, 1.82) is 0 Å². The van der Waals surface area contributed by atoms with E-state index in [1.54, 1.807) is 12.1 Å². The Balaban J connectivity index is 1.72. The van der Waals surface area contributed by atoms with Gasteiger partial charge in [0.1, 0.15) is 0 Å². The summed E-state index contributed by atoms with van der Waals surface area (Å²) in [5.41, 5.74) is 7.82. The molecule has 0 unspecified atom stereocenters. The summed E-state index contributed by atoms with van der Waals surface area (Å²) < 4.78 is 0. The lowest BCUT2D eigenvalue weighted by Gasteiger charge is -2.33. The summed E-state index contributed by atoms with van der Waals surface area (Å²) in [7, 11) is 0. The molecule has 1 aromatic carbocycles. The fourth-order valence-electron chi connectivity index (χ4n) is 2.90. The highest BCUT2D eigenvalue weighted by Crippen LogP contribution is 2.16. The minimum Gasteiger partial charge on any atom is -0.366 e. The van der Waals surface area contributed by atoms with Crippen molar-refractivity contribution >= 4 is 16.8 Å². The second-order valence-electron chi connectivity index (χ2n) is 5.78. The zero-order chi connectivity index (χ0) is 15.5. The van der Waals surface area contributed by atoms with Crippen LogP contribution < -0.4 is 5.73 Å². The van der Waals surface area contributed by atoms with Gasteiger partial charge in [0.15, 0.2) is 0 Å². The van der Waals surface area contributed by atoms with Crippen LogP contribution in [0.25, 0.3) is 10.9 Å². The molecule has 2 aromatic rings. The molecule has 1 aliphatic heterocycles. The van der Waals surface area contributed by atoms with Gasteiger partial charge < -0.3 is 10.6 Å². The lowest BCUT2D eigenvalue weighted by Crippen LogP contribution is -2.45. The van der Waals surface area contributed by atoms with E-state index in [4.69, 9.17) is 10.7 Å². The molecule has 3 rings (SSSR count). The molecule has 0 radical (unpaired) electrons. The number of carbonyl (C=O) groups excluding carboxylic acids is 1. The number of amides is 1. The third-order valence-electron chi connectivity index (χ3n) is 4.33. The lowest BCUT2D eigenvalue weighted by molar-refractivity contribution is 0.100. The quantitative estimate of drug-likeness (QED) is 0.928. The van der Waals surface area contributed by atoms with Crippen LogP contribution in [-0.2, 0) is 6.54 Å². The maximum absolute atomic E-state index is 11.2. The van der Waals surface area contributed by atoms with E-state index in [2.05, 4.69) is 16.7 Å². The van der Waals surface area contributed by atoms with Crippen molar-refractivity contribution in [3.8, 4) is 0 Å². The Kier molecular flexibility index (Phi) is 4.36. The molecule has 1 saturated heterocycles. The highest BCUT2D eigenvalue weighted by molar-refractivity contribution is 5.96. The SMILES string of the molecule is CCN1CCN(Cc2ccc3cc(C(N)=O)ccc3n2)CC1.